The van der Waals surface area contributed by atoms with Crippen LogP contribution in [0.2, 0.25) is 10.0 Å². The smallest absolute Gasteiger partial charge is 0.151 e. The molecule has 0 radical (unpaired) electrons. The number of rotatable bonds is 4. The molecule has 0 bridgehead atoms. The standard InChI is InChI=1S/C25H20Cl2N2O2S/c1-13-10-19(20(30-2)12-17(13)27)29-23-24(31-3)16-7-5-4-6-15(16)22-25(23)32-21-11-14(26)8-9-18(21)28-22/h4-12,28-29H,1-3H3. The molecule has 7 heteroatoms. The van der Waals surface area contributed by atoms with E-state index >= 15 is 0 Å². The minimum Gasteiger partial charge on any atom is -0.495 e. The van der Waals surface area contributed by atoms with Gasteiger partial charge in [-0.15, -0.1) is 0 Å². The number of hydrogen-bond acceptors (Lipinski definition) is 5. The molecule has 0 saturated carbocycles. The number of hydrogen-bond donors (Lipinski definition) is 2. The fourth-order valence-corrected chi connectivity index (χ4v) is 5.46. The van der Waals surface area contributed by atoms with E-state index in [0.29, 0.717) is 15.8 Å². The first kappa shape index (κ1) is 21.1. The molecular weight excluding hydrogens is 463 g/mol. The first-order valence-corrected chi connectivity index (χ1v) is 11.6. The Morgan fingerprint density at radius 3 is 2.47 bits per heavy atom. The number of methoxy groups -OCH3 is 2. The van der Waals surface area contributed by atoms with Gasteiger partial charge in [0.05, 0.1) is 41.9 Å². The lowest BCUT2D eigenvalue weighted by molar-refractivity contribution is 0.415. The molecule has 0 spiro atoms. The van der Waals surface area contributed by atoms with Gasteiger partial charge in [0.2, 0.25) is 0 Å². The quantitative estimate of drug-likeness (QED) is 0.269. The van der Waals surface area contributed by atoms with Crippen molar-refractivity contribution in [1.82, 2.24) is 0 Å². The Balaban J connectivity index is 1.76. The first-order valence-electron chi connectivity index (χ1n) is 9.98. The van der Waals surface area contributed by atoms with E-state index in [1.165, 1.54) is 0 Å². The van der Waals surface area contributed by atoms with Crippen LogP contribution in [-0.2, 0) is 0 Å². The second-order valence-corrected chi connectivity index (χ2v) is 9.35. The zero-order chi connectivity index (χ0) is 22.4. The van der Waals surface area contributed by atoms with Crippen LogP contribution in [0, 0.1) is 6.92 Å². The fraction of sp³-hybridized carbons (Fsp3) is 0.120. The van der Waals surface area contributed by atoms with Crippen LogP contribution in [0.25, 0.3) is 10.8 Å². The highest BCUT2D eigenvalue weighted by molar-refractivity contribution is 8.00. The van der Waals surface area contributed by atoms with Crippen LogP contribution in [0.4, 0.5) is 22.7 Å². The third-order valence-corrected chi connectivity index (χ3v) is 7.29. The van der Waals surface area contributed by atoms with Gasteiger partial charge in [-0.05, 0) is 36.8 Å². The Labute approximate surface area is 200 Å². The van der Waals surface area contributed by atoms with Crippen LogP contribution in [0.3, 0.4) is 0 Å². The molecule has 32 heavy (non-hydrogen) atoms. The third kappa shape index (κ3) is 3.51. The number of ether oxygens (including phenoxy) is 2. The Morgan fingerprint density at radius 2 is 1.72 bits per heavy atom. The van der Waals surface area contributed by atoms with Crippen molar-refractivity contribution < 1.29 is 9.47 Å². The van der Waals surface area contributed by atoms with E-state index < -0.39 is 0 Å². The summed E-state index contributed by atoms with van der Waals surface area (Å²) in [5, 5.41) is 10.6. The summed E-state index contributed by atoms with van der Waals surface area (Å²) in [6.45, 7) is 1.97. The summed E-state index contributed by atoms with van der Waals surface area (Å²) in [6.07, 6.45) is 0. The zero-order valence-corrected chi connectivity index (χ0v) is 20.0. The maximum atomic E-state index is 6.33. The Kier molecular flexibility index (Phi) is 5.49. The number of benzene rings is 4. The molecule has 4 nitrogen and oxygen atoms in total. The number of nitrogens with one attached hydrogen (secondary N) is 2. The van der Waals surface area contributed by atoms with Crippen molar-refractivity contribution in [2.45, 2.75) is 16.7 Å². The summed E-state index contributed by atoms with van der Waals surface area (Å²) in [5.74, 6) is 1.41. The molecule has 0 aromatic heterocycles. The van der Waals surface area contributed by atoms with Crippen LogP contribution in [0.5, 0.6) is 11.5 Å². The second-order valence-electron chi connectivity index (χ2n) is 7.45. The fourth-order valence-electron chi connectivity index (χ4n) is 3.93. The van der Waals surface area contributed by atoms with Gasteiger partial charge in [0.25, 0.3) is 0 Å². The van der Waals surface area contributed by atoms with Crippen LogP contribution in [-0.4, -0.2) is 14.2 Å². The Hall–Kier alpha value is -2.73. The van der Waals surface area contributed by atoms with E-state index in [4.69, 9.17) is 32.7 Å². The maximum absolute atomic E-state index is 6.33. The van der Waals surface area contributed by atoms with Gasteiger partial charge in [0.1, 0.15) is 5.75 Å². The molecule has 4 aromatic rings. The number of fused-ring (bicyclic) bond motifs is 4. The van der Waals surface area contributed by atoms with E-state index in [1.54, 1.807) is 26.0 Å². The van der Waals surface area contributed by atoms with Crippen molar-refractivity contribution in [3.05, 3.63) is 70.2 Å². The minimum absolute atomic E-state index is 0.652. The highest BCUT2D eigenvalue weighted by Gasteiger charge is 2.26. The van der Waals surface area contributed by atoms with Gasteiger partial charge in [-0.1, -0.05) is 59.2 Å². The van der Waals surface area contributed by atoms with Gasteiger partial charge in [-0.25, -0.2) is 0 Å². The molecule has 162 valence electrons. The molecule has 2 N–H and O–H groups in total. The molecule has 0 atom stereocenters. The topological polar surface area (TPSA) is 42.5 Å². The lowest BCUT2D eigenvalue weighted by Crippen LogP contribution is -2.06. The largest absolute Gasteiger partial charge is 0.495 e. The SMILES string of the molecule is COc1cc(Cl)c(C)cc1Nc1c2c(c3ccccc3c1OC)Nc1ccc(Cl)cc1S2. The van der Waals surface area contributed by atoms with Gasteiger partial charge >= 0.3 is 0 Å². The van der Waals surface area contributed by atoms with Gasteiger partial charge < -0.3 is 20.1 Å². The number of halogens is 2. The summed E-state index contributed by atoms with van der Waals surface area (Å²) in [7, 11) is 3.32. The minimum atomic E-state index is 0.652. The summed E-state index contributed by atoms with van der Waals surface area (Å²) >= 11 is 14.3. The predicted molar refractivity (Wildman–Crippen MR) is 135 cm³/mol. The monoisotopic (exact) mass is 482 g/mol. The summed E-state index contributed by atoms with van der Waals surface area (Å²) in [5.41, 5.74) is 4.65. The summed E-state index contributed by atoms with van der Waals surface area (Å²) < 4.78 is 11.5. The van der Waals surface area contributed by atoms with E-state index in [0.717, 1.165) is 54.6 Å². The summed E-state index contributed by atoms with van der Waals surface area (Å²) in [4.78, 5) is 2.06. The Morgan fingerprint density at radius 1 is 0.938 bits per heavy atom. The molecule has 1 heterocycles. The van der Waals surface area contributed by atoms with Gasteiger partial charge in [-0.3, -0.25) is 0 Å². The molecule has 0 unspecified atom stereocenters. The van der Waals surface area contributed by atoms with E-state index in [2.05, 4.69) is 22.8 Å². The van der Waals surface area contributed by atoms with Crippen molar-refractivity contribution in [2.24, 2.45) is 0 Å². The molecule has 5 rings (SSSR count). The van der Waals surface area contributed by atoms with Gasteiger partial charge in [0.15, 0.2) is 5.75 Å². The average Bonchev–Trinajstić information content (AvgIpc) is 2.80. The van der Waals surface area contributed by atoms with Crippen LogP contribution >= 0.6 is 35.0 Å². The highest BCUT2D eigenvalue weighted by atomic mass is 35.5. The number of aryl methyl sites for hydroxylation is 1. The van der Waals surface area contributed by atoms with Crippen molar-refractivity contribution in [1.29, 1.82) is 0 Å². The number of anilines is 4. The van der Waals surface area contributed by atoms with E-state index in [1.807, 2.05) is 49.4 Å². The molecule has 0 amide bonds. The highest BCUT2D eigenvalue weighted by Crippen LogP contribution is 2.55. The van der Waals surface area contributed by atoms with Gasteiger partial charge in [-0.2, -0.15) is 0 Å². The summed E-state index contributed by atoms with van der Waals surface area (Å²) in [6, 6.07) is 17.9. The second kappa shape index (κ2) is 8.32. The van der Waals surface area contributed by atoms with Crippen molar-refractivity contribution in [2.75, 3.05) is 24.9 Å². The normalized spacial score (nSPS) is 12.0. The third-order valence-electron chi connectivity index (χ3n) is 5.48. The molecule has 1 aliphatic heterocycles. The van der Waals surface area contributed by atoms with Crippen molar-refractivity contribution in [3.8, 4) is 11.5 Å². The van der Waals surface area contributed by atoms with Gasteiger partial charge in [0, 0.05) is 31.8 Å². The lowest BCUT2D eigenvalue weighted by Gasteiger charge is -2.27. The Bertz CT molecular complexity index is 1370. The molecule has 4 aromatic carbocycles. The van der Waals surface area contributed by atoms with Crippen molar-refractivity contribution >= 4 is 68.5 Å². The molecular formula is C25H20Cl2N2O2S. The zero-order valence-electron chi connectivity index (χ0n) is 17.7. The average molecular weight is 483 g/mol. The lowest BCUT2D eigenvalue weighted by atomic mass is 10.0. The van der Waals surface area contributed by atoms with Crippen LogP contribution in [0.15, 0.2) is 64.4 Å². The van der Waals surface area contributed by atoms with E-state index in [-0.39, 0.29) is 0 Å². The maximum Gasteiger partial charge on any atom is 0.151 e. The molecule has 0 aliphatic carbocycles. The van der Waals surface area contributed by atoms with Crippen molar-refractivity contribution in [3.63, 3.8) is 0 Å². The van der Waals surface area contributed by atoms with Crippen LogP contribution < -0.4 is 20.1 Å². The van der Waals surface area contributed by atoms with Crippen LogP contribution in [0.1, 0.15) is 5.56 Å². The molecule has 0 fully saturated rings. The van der Waals surface area contributed by atoms with E-state index in [9.17, 15) is 0 Å². The molecule has 1 aliphatic rings. The predicted octanol–water partition coefficient (Wildman–Crippen LogP) is 8.42. The first-order chi connectivity index (χ1) is 15.5. The molecule has 0 saturated heterocycles.